The van der Waals surface area contributed by atoms with Gasteiger partial charge in [-0.15, -0.1) is 0 Å². The van der Waals surface area contributed by atoms with E-state index >= 15 is 0 Å². The fraction of sp³-hybridized carbons (Fsp3) is 0.278. The van der Waals surface area contributed by atoms with E-state index in [1.807, 2.05) is 6.92 Å². The van der Waals surface area contributed by atoms with Crippen molar-refractivity contribution in [1.82, 2.24) is 0 Å². The molecule has 7 heteroatoms. The third-order valence-electron chi connectivity index (χ3n) is 4.15. The molecule has 0 spiro atoms. The van der Waals surface area contributed by atoms with Crippen molar-refractivity contribution in [3.63, 3.8) is 0 Å². The molecule has 0 aromatic heterocycles. The van der Waals surface area contributed by atoms with Crippen LogP contribution >= 0.6 is 0 Å². The van der Waals surface area contributed by atoms with Crippen LogP contribution in [0.4, 0.5) is 0 Å². The monoisotopic (exact) mass is 361 g/mol. The number of carbonyl (C=O) groups is 1. The first-order chi connectivity index (χ1) is 11.9. The molecular weight excluding hydrogens is 344 g/mol. The lowest BCUT2D eigenvalue weighted by molar-refractivity contribution is -0.159. The molecule has 0 fully saturated rings. The molecule has 0 saturated heterocycles. The summed E-state index contributed by atoms with van der Waals surface area (Å²) in [6.45, 7) is 2.05. The lowest BCUT2D eigenvalue weighted by atomic mass is 9.91. The first kappa shape index (κ1) is 17.6. The molecule has 1 aliphatic rings. The molecule has 132 valence electrons. The lowest BCUT2D eigenvalue weighted by Crippen LogP contribution is -2.41. The smallest absolute Gasteiger partial charge is 0.349 e. The van der Waals surface area contributed by atoms with Gasteiger partial charge in [0.05, 0.1) is 6.61 Å². The van der Waals surface area contributed by atoms with Crippen molar-refractivity contribution in [3.05, 3.63) is 59.7 Å². The van der Waals surface area contributed by atoms with Crippen molar-refractivity contribution in [2.24, 2.45) is 0 Å². The molecule has 2 aromatic rings. The van der Waals surface area contributed by atoms with Gasteiger partial charge in [0, 0.05) is 11.1 Å². The summed E-state index contributed by atoms with van der Waals surface area (Å²) in [4.78, 5) is 12.9. The number of hydrogen-bond donors (Lipinski definition) is 0. The van der Waals surface area contributed by atoms with Crippen LogP contribution in [0.25, 0.3) is 11.1 Å². The molecule has 0 amide bonds. The van der Waals surface area contributed by atoms with Gasteiger partial charge in [0.25, 0.3) is 0 Å². The predicted octanol–water partition coefficient (Wildman–Crippen LogP) is 2.73. The molecule has 3 rings (SSSR count). The number of ether oxygens (including phenoxy) is 1. The topological polar surface area (TPSA) is 92.7 Å². The average molecular weight is 361 g/mol. The van der Waals surface area contributed by atoms with Crippen LogP contribution in [0.15, 0.2) is 48.5 Å². The molecule has 2 aromatic carbocycles. The molecule has 0 atom stereocenters. The molecule has 0 heterocycles. The predicted molar refractivity (Wildman–Crippen MR) is 89.3 cm³/mol. The number of unbranched alkanes of at least 4 members (excludes halogenated alkanes) is 1. The van der Waals surface area contributed by atoms with Gasteiger partial charge in [-0.2, -0.15) is 0 Å². The second kappa shape index (κ2) is 6.59. The SMILES string of the molecule is CCCCOC(=O)C1(OS(=O)(=O)[O-])c2ccccc2-c2ccccc21. The van der Waals surface area contributed by atoms with Crippen LogP contribution in [0, 0.1) is 0 Å². The summed E-state index contributed by atoms with van der Waals surface area (Å²) < 4.78 is 44.5. The highest BCUT2D eigenvalue weighted by Crippen LogP contribution is 2.50. The van der Waals surface area contributed by atoms with Crippen LogP contribution in [0.3, 0.4) is 0 Å². The minimum atomic E-state index is -5.18. The van der Waals surface area contributed by atoms with E-state index < -0.39 is 22.0 Å². The van der Waals surface area contributed by atoms with Crippen molar-refractivity contribution >= 4 is 16.4 Å². The highest BCUT2D eigenvalue weighted by molar-refractivity contribution is 7.80. The summed E-state index contributed by atoms with van der Waals surface area (Å²) in [6.07, 6.45) is 1.42. The van der Waals surface area contributed by atoms with Crippen LogP contribution in [0.2, 0.25) is 0 Å². The van der Waals surface area contributed by atoms with Gasteiger partial charge in [-0.3, -0.25) is 4.18 Å². The molecule has 0 aliphatic heterocycles. The summed E-state index contributed by atoms with van der Waals surface area (Å²) in [5.74, 6) is -0.905. The number of rotatable bonds is 6. The maximum Gasteiger partial charge on any atom is 0.349 e. The van der Waals surface area contributed by atoms with Crippen molar-refractivity contribution in [3.8, 4) is 11.1 Å². The molecule has 6 nitrogen and oxygen atoms in total. The zero-order chi connectivity index (χ0) is 18.1. The van der Waals surface area contributed by atoms with E-state index in [1.54, 1.807) is 48.5 Å². The average Bonchev–Trinajstić information content (AvgIpc) is 2.86. The van der Waals surface area contributed by atoms with Gasteiger partial charge in [-0.05, 0) is 17.5 Å². The Morgan fingerprint density at radius 2 is 1.56 bits per heavy atom. The van der Waals surface area contributed by atoms with Gasteiger partial charge >= 0.3 is 5.97 Å². The minimum absolute atomic E-state index is 0.115. The van der Waals surface area contributed by atoms with Crippen molar-refractivity contribution in [2.75, 3.05) is 6.61 Å². The Morgan fingerprint density at radius 3 is 2.04 bits per heavy atom. The molecular formula is C18H17O6S-. The number of benzene rings is 2. The standard InChI is InChI=1S/C18H18O6S/c1-2-3-12-23-17(19)18(24-25(20,21)22)15-10-6-4-8-13(15)14-9-5-7-11-16(14)18/h4-11H,2-3,12H2,1H3,(H,20,21,22)/p-1. The molecule has 1 aliphatic carbocycles. The van der Waals surface area contributed by atoms with E-state index in [9.17, 15) is 17.8 Å². The van der Waals surface area contributed by atoms with Gasteiger partial charge in [0.15, 0.2) is 0 Å². The fourth-order valence-corrected chi connectivity index (χ4v) is 3.66. The van der Waals surface area contributed by atoms with E-state index in [0.717, 1.165) is 6.42 Å². The number of fused-ring (bicyclic) bond motifs is 3. The van der Waals surface area contributed by atoms with Crippen molar-refractivity contribution in [1.29, 1.82) is 0 Å². The van der Waals surface area contributed by atoms with E-state index in [2.05, 4.69) is 0 Å². The van der Waals surface area contributed by atoms with Crippen LogP contribution in [-0.4, -0.2) is 25.5 Å². The maximum atomic E-state index is 12.9. The third-order valence-corrected chi connectivity index (χ3v) is 4.60. The van der Waals surface area contributed by atoms with E-state index in [4.69, 9.17) is 8.92 Å². The first-order valence-electron chi connectivity index (χ1n) is 7.93. The Bertz CT molecular complexity index is 858. The van der Waals surface area contributed by atoms with Gasteiger partial charge < -0.3 is 9.29 Å². The minimum Gasteiger partial charge on any atom is -0.725 e. The summed E-state index contributed by atoms with van der Waals surface area (Å²) >= 11 is 0. The molecule has 25 heavy (non-hydrogen) atoms. The van der Waals surface area contributed by atoms with E-state index in [0.29, 0.717) is 17.5 Å². The summed E-state index contributed by atoms with van der Waals surface area (Å²) in [7, 11) is -5.18. The zero-order valence-corrected chi connectivity index (χ0v) is 14.4. The lowest BCUT2D eigenvalue weighted by Gasteiger charge is -2.30. The number of hydrogen-bond acceptors (Lipinski definition) is 6. The fourth-order valence-electron chi connectivity index (χ4n) is 3.10. The first-order valence-corrected chi connectivity index (χ1v) is 9.26. The molecule has 0 N–H and O–H groups in total. The third kappa shape index (κ3) is 3.06. The van der Waals surface area contributed by atoms with E-state index in [-0.39, 0.29) is 17.7 Å². The van der Waals surface area contributed by atoms with Crippen LogP contribution in [0.5, 0.6) is 0 Å². The largest absolute Gasteiger partial charge is 0.725 e. The second-order valence-corrected chi connectivity index (χ2v) is 6.74. The summed E-state index contributed by atoms with van der Waals surface area (Å²) in [5, 5.41) is 0. The van der Waals surface area contributed by atoms with Crippen LogP contribution in [-0.2, 0) is 29.7 Å². The Morgan fingerprint density at radius 1 is 1.04 bits per heavy atom. The van der Waals surface area contributed by atoms with Gasteiger partial charge in [-0.25, -0.2) is 13.2 Å². The highest BCUT2D eigenvalue weighted by atomic mass is 32.3. The Labute approximate surface area is 146 Å². The Balaban J connectivity index is 2.22. The van der Waals surface area contributed by atoms with Gasteiger partial charge in [0.1, 0.15) is 0 Å². The maximum absolute atomic E-state index is 12.9. The van der Waals surface area contributed by atoms with Gasteiger partial charge in [-0.1, -0.05) is 61.9 Å². The number of esters is 1. The Kier molecular flexibility index (Phi) is 4.64. The summed E-state index contributed by atoms with van der Waals surface area (Å²) in [6, 6.07) is 13.5. The zero-order valence-electron chi connectivity index (χ0n) is 13.6. The normalized spacial score (nSPS) is 14.6. The van der Waals surface area contributed by atoms with Crippen molar-refractivity contribution < 1.29 is 26.7 Å². The molecule has 0 bridgehead atoms. The van der Waals surface area contributed by atoms with Crippen molar-refractivity contribution in [2.45, 2.75) is 25.4 Å². The van der Waals surface area contributed by atoms with Crippen LogP contribution < -0.4 is 0 Å². The van der Waals surface area contributed by atoms with E-state index in [1.165, 1.54) is 0 Å². The quantitative estimate of drug-likeness (QED) is 0.340. The second-order valence-electron chi connectivity index (χ2n) is 5.75. The molecule has 0 unspecified atom stereocenters. The highest BCUT2D eigenvalue weighted by Gasteiger charge is 2.53. The molecule has 0 radical (unpaired) electrons. The summed E-state index contributed by atoms with van der Waals surface area (Å²) in [5.41, 5.74) is -0.265. The van der Waals surface area contributed by atoms with Crippen LogP contribution in [0.1, 0.15) is 30.9 Å². The molecule has 0 saturated carbocycles. The Hall–Kier alpha value is -2.22. The van der Waals surface area contributed by atoms with Gasteiger partial charge in [0.2, 0.25) is 16.0 Å². The number of carbonyl (C=O) groups excluding carboxylic acids is 1.